The molecule has 3 atom stereocenters. The Morgan fingerprint density at radius 2 is 1.34 bits per heavy atom. The molecule has 0 saturated heterocycles. The summed E-state index contributed by atoms with van der Waals surface area (Å²) < 4.78 is 1.27. The summed E-state index contributed by atoms with van der Waals surface area (Å²) in [6.45, 7) is 0. The van der Waals surface area contributed by atoms with Crippen LogP contribution in [0.15, 0.2) is 149 Å². The largest absolute Gasteiger partial charge is 0.345 e. The topological polar surface area (TPSA) is 27.6 Å². The molecule has 0 saturated carbocycles. The average Bonchev–Trinajstić information content (AvgIpc) is 3.67. The molecule has 0 fully saturated rings. The van der Waals surface area contributed by atoms with E-state index < -0.39 is 0 Å². The van der Waals surface area contributed by atoms with Crippen molar-refractivity contribution in [2.75, 3.05) is 12.4 Å². The van der Waals surface area contributed by atoms with Gasteiger partial charge in [0.2, 0.25) is 0 Å². The molecule has 0 amide bonds. The maximum Gasteiger partial charge on any atom is 0.197 e. The molecule has 3 unspecified atom stereocenters. The lowest BCUT2D eigenvalue weighted by Gasteiger charge is -2.41. The lowest BCUT2D eigenvalue weighted by molar-refractivity contribution is 0.329. The summed E-state index contributed by atoms with van der Waals surface area (Å²) in [5.41, 5.74) is 11.4. The van der Waals surface area contributed by atoms with Crippen molar-refractivity contribution in [3.05, 3.63) is 172 Å². The molecule has 3 aliphatic rings. The van der Waals surface area contributed by atoms with E-state index in [2.05, 4.69) is 151 Å². The van der Waals surface area contributed by atoms with Crippen LogP contribution in [0.5, 0.6) is 0 Å². The molecule has 1 aromatic heterocycles. The SMILES string of the molecule is CN(C1=C(c2ccccc2)c2ccccc2C2c3ccccc3SC12)C1N=C(c2ccccc2)c2sc3ccccc3c2N1. The molecular formula is C39H29N3S2. The van der Waals surface area contributed by atoms with E-state index in [9.17, 15) is 0 Å². The van der Waals surface area contributed by atoms with Gasteiger partial charge in [-0.2, -0.15) is 0 Å². The Kier molecular flexibility index (Phi) is 6.03. The van der Waals surface area contributed by atoms with Crippen LogP contribution in [0.1, 0.15) is 38.6 Å². The van der Waals surface area contributed by atoms with Gasteiger partial charge in [0, 0.05) is 44.8 Å². The van der Waals surface area contributed by atoms with Gasteiger partial charge in [-0.3, -0.25) is 0 Å². The smallest absolute Gasteiger partial charge is 0.197 e. The molecule has 3 nitrogen and oxygen atoms in total. The summed E-state index contributed by atoms with van der Waals surface area (Å²) in [6, 6.07) is 48.3. The Morgan fingerprint density at radius 1 is 0.682 bits per heavy atom. The molecule has 1 N–H and O–H groups in total. The normalized spacial score (nSPS) is 19.8. The second-order valence-corrected chi connectivity index (χ2v) is 13.8. The standard InChI is InChI=1S/C39H29N3S2/c1-42(39-40-34(25-16-6-3-7-17-25)38-35(41-39)29-21-11-13-23-31(29)44-38)36-32(24-14-4-2-5-15-24)26-18-8-9-19-27(26)33-28-20-10-12-22-30(28)43-37(33)36/h2-23,33,37,39,41H,1H3. The van der Waals surface area contributed by atoms with Crippen molar-refractivity contribution in [1.29, 1.82) is 0 Å². The van der Waals surface area contributed by atoms with E-state index >= 15 is 0 Å². The second-order valence-electron chi connectivity index (χ2n) is 11.5. The molecule has 5 heteroatoms. The number of thiophene rings is 1. The third-order valence-electron chi connectivity index (χ3n) is 9.09. The van der Waals surface area contributed by atoms with Crippen LogP contribution in [0.2, 0.25) is 0 Å². The fourth-order valence-electron chi connectivity index (χ4n) is 7.13. The van der Waals surface area contributed by atoms with Crippen LogP contribution in [0.4, 0.5) is 5.69 Å². The minimum absolute atomic E-state index is 0.222. The molecular weight excluding hydrogens is 575 g/mol. The second kappa shape index (κ2) is 10.3. The van der Waals surface area contributed by atoms with Crippen molar-refractivity contribution >= 4 is 50.2 Å². The van der Waals surface area contributed by atoms with E-state index in [0.29, 0.717) is 0 Å². The Bertz CT molecular complexity index is 2110. The summed E-state index contributed by atoms with van der Waals surface area (Å²) in [4.78, 5) is 10.5. The Balaban J connectivity index is 1.27. The van der Waals surface area contributed by atoms with E-state index in [0.717, 1.165) is 11.3 Å². The first-order valence-corrected chi connectivity index (χ1v) is 16.7. The van der Waals surface area contributed by atoms with Crippen molar-refractivity contribution in [3.8, 4) is 0 Å². The van der Waals surface area contributed by atoms with Gasteiger partial charge in [-0.1, -0.05) is 121 Å². The number of hydrogen-bond acceptors (Lipinski definition) is 5. The molecule has 44 heavy (non-hydrogen) atoms. The van der Waals surface area contributed by atoms with Gasteiger partial charge in [0.1, 0.15) is 0 Å². The van der Waals surface area contributed by atoms with Gasteiger partial charge >= 0.3 is 0 Å². The number of aliphatic imine (C=N–C) groups is 1. The van der Waals surface area contributed by atoms with Crippen molar-refractivity contribution < 1.29 is 0 Å². The molecule has 3 heterocycles. The van der Waals surface area contributed by atoms with Crippen LogP contribution in [0, 0.1) is 0 Å². The molecule has 5 aromatic carbocycles. The zero-order valence-electron chi connectivity index (χ0n) is 24.1. The first-order chi connectivity index (χ1) is 21.8. The van der Waals surface area contributed by atoms with E-state index in [1.807, 2.05) is 23.1 Å². The summed E-state index contributed by atoms with van der Waals surface area (Å²) in [6.07, 6.45) is -0.278. The average molecular weight is 604 g/mol. The number of benzene rings is 5. The fourth-order valence-corrected chi connectivity index (χ4v) is 9.90. The third kappa shape index (κ3) is 3.93. The zero-order valence-corrected chi connectivity index (χ0v) is 25.8. The van der Waals surface area contributed by atoms with Crippen LogP contribution in [-0.4, -0.2) is 29.2 Å². The van der Waals surface area contributed by atoms with Gasteiger partial charge in [-0.25, -0.2) is 4.99 Å². The third-order valence-corrected chi connectivity index (χ3v) is 11.6. The molecule has 0 radical (unpaired) electrons. The highest BCUT2D eigenvalue weighted by atomic mass is 32.2. The highest BCUT2D eigenvalue weighted by Crippen LogP contribution is 2.58. The van der Waals surface area contributed by atoms with Crippen molar-refractivity contribution in [2.24, 2.45) is 4.99 Å². The van der Waals surface area contributed by atoms with E-state index in [4.69, 9.17) is 4.99 Å². The molecule has 0 spiro atoms. The van der Waals surface area contributed by atoms with Crippen molar-refractivity contribution in [1.82, 2.24) is 4.90 Å². The lowest BCUT2D eigenvalue weighted by Crippen LogP contribution is -2.43. The van der Waals surface area contributed by atoms with Gasteiger partial charge < -0.3 is 10.2 Å². The van der Waals surface area contributed by atoms with Gasteiger partial charge in [-0.05, 0) is 34.4 Å². The minimum atomic E-state index is -0.278. The van der Waals surface area contributed by atoms with Crippen LogP contribution < -0.4 is 5.32 Å². The summed E-state index contributed by atoms with van der Waals surface area (Å²) in [5.74, 6) is 0.274. The fraction of sp³-hybridized carbons (Fsp3) is 0.103. The van der Waals surface area contributed by atoms with Crippen LogP contribution in [0.3, 0.4) is 0 Å². The molecule has 0 bridgehead atoms. The van der Waals surface area contributed by atoms with Crippen molar-refractivity contribution in [2.45, 2.75) is 22.4 Å². The molecule has 2 aliphatic heterocycles. The lowest BCUT2D eigenvalue weighted by atomic mass is 9.75. The summed E-state index contributed by atoms with van der Waals surface area (Å²) in [5, 5.41) is 5.39. The Hall–Kier alpha value is -4.58. The van der Waals surface area contributed by atoms with E-state index in [1.54, 1.807) is 0 Å². The highest BCUT2D eigenvalue weighted by Gasteiger charge is 2.45. The molecule has 212 valence electrons. The maximum absolute atomic E-state index is 5.51. The highest BCUT2D eigenvalue weighted by molar-refractivity contribution is 8.00. The Labute approximate surface area is 265 Å². The predicted octanol–water partition coefficient (Wildman–Crippen LogP) is 9.46. The first kappa shape index (κ1) is 25.9. The zero-order chi connectivity index (χ0) is 29.2. The number of thioether (sulfide) groups is 1. The first-order valence-electron chi connectivity index (χ1n) is 15.1. The van der Waals surface area contributed by atoms with Gasteiger partial charge in [0.05, 0.1) is 21.5 Å². The molecule has 1 aliphatic carbocycles. The van der Waals surface area contributed by atoms with Gasteiger partial charge in [0.15, 0.2) is 6.29 Å². The van der Waals surface area contributed by atoms with Crippen molar-refractivity contribution in [3.63, 3.8) is 0 Å². The Morgan fingerprint density at radius 3 is 2.16 bits per heavy atom. The number of fused-ring (bicyclic) bond motifs is 8. The van der Waals surface area contributed by atoms with Gasteiger partial charge in [-0.15, -0.1) is 23.1 Å². The van der Waals surface area contributed by atoms with E-state index in [-0.39, 0.29) is 17.5 Å². The number of anilines is 1. The predicted molar refractivity (Wildman–Crippen MR) is 186 cm³/mol. The monoisotopic (exact) mass is 603 g/mol. The van der Waals surface area contributed by atoms with Crippen LogP contribution >= 0.6 is 23.1 Å². The van der Waals surface area contributed by atoms with E-state index in [1.165, 1.54) is 59.1 Å². The van der Waals surface area contributed by atoms with Crippen LogP contribution in [0.25, 0.3) is 15.7 Å². The summed E-state index contributed by atoms with van der Waals surface area (Å²) in [7, 11) is 2.23. The maximum atomic E-state index is 5.51. The minimum Gasteiger partial charge on any atom is -0.345 e. The summed E-state index contributed by atoms with van der Waals surface area (Å²) >= 11 is 3.82. The molecule has 6 aromatic rings. The number of hydrogen-bond donors (Lipinski definition) is 1. The molecule has 9 rings (SSSR count). The number of nitrogens with one attached hydrogen (secondary N) is 1. The van der Waals surface area contributed by atoms with Gasteiger partial charge in [0.25, 0.3) is 0 Å². The van der Waals surface area contributed by atoms with Crippen LogP contribution in [-0.2, 0) is 0 Å². The number of rotatable bonds is 4. The number of nitrogens with zero attached hydrogens (tertiary/aromatic N) is 2. The quantitative estimate of drug-likeness (QED) is 0.218.